The molecular weight excluding hydrogens is 218 g/mol. The quantitative estimate of drug-likeness (QED) is 0.692. The first-order chi connectivity index (χ1) is 8.31. The maximum Gasteiger partial charge on any atom is 0.0948 e. The molecule has 0 aliphatic heterocycles. The first-order valence-corrected chi connectivity index (χ1v) is 6.13. The van der Waals surface area contributed by atoms with Crippen LogP contribution in [0.3, 0.4) is 0 Å². The number of hydrogen-bond donors (Lipinski definition) is 1. The van der Waals surface area contributed by atoms with E-state index in [1.54, 1.807) is 7.11 Å². The summed E-state index contributed by atoms with van der Waals surface area (Å²) in [6.45, 7) is 6.30. The topological polar surface area (TPSA) is 50.5 Å². The molecule has 0 atom stereocenters. The summed E-state index contributed by atoms with van der Waals surface area (Å²) >= 11 is 0. The van der Waals surface area contributed by atoms with Crippen LogP contribution in [0.4, 0.5) is 0 Å². The monoisotopic (exact) mass is 241 g/mol. The second-order valence-electron chi connectivity index (χ2n) is 4.07. The van der Waals surface area contributed by atoms with Crippen LogP contribution in [0.15, 0.2) is 12.5 Å². The molecule has 1 rings (SSSR count). The largest absolute Gasteiger partial charge is 0.395 e. The molecule has 1 aromatic rings. The molecule has 1 aromatic heterocycles. The number of rotatable bonds is 9. The van der Waals surface area contributed by atoms with E-state index < -0.39 is 0 Å². The van der Waals surface area contributed by atoms with Gasteiger partial charge in [-0.15, -0.1) is 0 Å². The molecule has 0 amide bonds. The molecular formula is C12H23N3O2. The average Bonchev–Trinajstić information content (AvgIpc) is 2.74. The minimum Gasteiger partial charge on any atom is -0.395 e. The predicted octanol–water partition coefficient (Wildman–Crippen LogP) is 0.734. The number of methoxy groups -OCH3 is 1. The zero-order chi connectivity index (χ0) is 12.5. The summed E-state index contributed by atoms with van der Waals surface area (Å²) in [5.41, 5.74) is 1.19. The van der Waals surface area contributed by atoms with E-state index in [1.807, 2.05) is 12.5 Å². The maximum absolute atomic E-state index is 9.03. The Labute approximate surface area is 103 Å². The third-order valence-corrected chi connectivity index (χ3v) is 2.68. The Hall–Kier alpha value is -0.910. The van der Waals surface area contributed by atoms with Crippen molar-refractivity contribution in [3.05, 3.63) is 18.2 Å². The Morgan fingerprint density at radius 3 is 2.94 bits per heavy atom. The average molecular weight is 241 g/mol. The van der Waals surface area contributed by atoms with Crippen molar-refractivity contribution in [2.45, 2.75) is 26.4 Å². The van der Waals surface area contributed by atoms with Gasteiger partial charge in [-0.25, -0.2) is 4.98 Å². The molecule has 0 bridgehead atoms. The van der Waals surface area contributed by atoms with Gasteiger partial charge in [-0.1, -0.05) is 6.92 Å². The Morgan fingerprint density at radius 1 is 1.47 bits per heavy atom. The van der Waals surface area contributed by atoms with E-state index in [0.717, 1.165) is 26.1 Å². The third kappa shape index (κ3) is 4.85. The predicted molar refractivity (Wildman–Crippen MR) is 66.8 cm³/mol. The number of imidazole rings is 1. The number of aryl methyl sites for hydroxylation is 1. The number of aliphatic hydroxyl groups is 1. The molecule has 17 heavy (non-hydrogen) atoms. The van der Waals surface area contributed by atoms with Crippen LogP contribution in [0.1, 0.15) is 19.0 Å². The molecule has 0 aliphatic carbocycles. The minimum atomic E-state index is 0.172. The van der Waals surface area contributed by atoms with Crippen molar-refractivity contribution in [1.82, 2.24) is 14.5 Å². The molecule has 0 radical (unpaired) electrons. The van der Waals surface area contributed by atoms with Gasteiger partial charge in [0.15, 0.2) is 0 Å². The Morgan fingerprint density at radius 2 is 2.29 bits per heavy atom. The Balaban J connectivity index is 2.54. The van der Waals surface area contributed by atoms with Crippen molar-refractivity contribution in [2.75, 3.05) is 33.4 Å². The fourth-order valence-electron chi connectivity index (χ4n) is 1.78. The van der Waals surface area contributed by atoms with E-state index in [4.69, 9.17) is 9.84 Å². The molecule has 0 aromatic carbocycles. The van der Waals surface area contributed by atoms with Crippen molar-refractivity contribution in [3.8, 4) is 0 Å². The van der Waals surface area contributed by atoms with Crippen LogP contribution in [-0.4, -0.2) is 53.0 Å². The standard InChI is InChI=1S/C12H23N3O2/c1-3-4-15-11-13-9-12(15)10-14(5-7-16)6-8-17-2/h9,11,16H,3-8,10H2,1-2H3. The van der Waals surface area contributed by atoms with Gasteiger partial charge in [0, 0.05) is 39.5 Å². The van der Waals surface area contributed by atoms with Gasteiger partial charge in [-0.2, -0.15) is 0 Å². The van der Waals surface area contributed by atoms with Crippen LogP contribution in [0.2, 0.25) is 0 Å². The maximum atomic E-state index is 9.03. The van der Waals surface area contributed by atoms with Gasteiger partial charge in [-0.3, -0.25) is 4.90 Å². The molecule has 1 heterocycles. The summed E-state index contributed by atoms with van der Waals surface area (Å²) in [5, 5.41) is 9.03. The zero-order valence-corrected chi connectivity index (χ0v) is 10.8. The Kier molecular flexibility index (Phi) is 6.84. The summed E-state index contributed by atoms with van der Waals surface area (Å²) in [7, 11) is 1.69. The van der Waals surface area contributed by atoms with E-state index in [9.17, 15) is 0 Å². The highest BCUT2D eigenvalue weighted by atomic mass is 16.5. The molecule has 0 saturated carbocycles. The highest BCUT2D eigenvalue weighted by molar-refractivity contribution is 4.98. The first kappa shape index (κ1) is 14.2. The molecule has 0 unspecified atom stereocenters. The smallest absolute Gasteiger partial charge is 0.0948 e. The molecule has 0 saturated heterocycles. The van der Waals surface area contributed by atoms with Crippen LogP contribution in [0.25, 0.3) is 0 Å². The third-order valence-electron chi connectivity index (χ3n) is 2.68. The van der Waals surface area contributed by atoms with E-state index >= 15 is 0 Å². The lowest BCUT2D eigenvalue weighted by atomic mass is 10.3. The van der Waals surface area contributed by atoms with Crippen LogP contribution >= 0.6 is 0 Å². The second-order valence-corrected chi connectivity index (χ2v) is 4.07. The van der Waals surface area contributed by atoms with Gasteiger partial charge in [-0.05, 0) is 6.42 Å². The van der Waals surface area contributed by atoms with Gasteiger partial charge in [0.1, 0.15) is 0 Å². The number of nitrogens with zero attached hydrogens (tertiary/aromatic N) is 3. The van der Waals surface area contributed by atoms with Gasteiger partial charge in [0.2, 0.25) is 0 Å². The molecule has 1 N–H and O–H groups in total. The van der Waals surface area contributed by atoms with Crippen LogP contribution in [0.5, 0.6) is 0 Å². The highest BCUT2D eigenvalue weighted by Crippen LogP contribution is 2.05. The van der Waals surface area contributed by atoms with Crippen LogP contribution in [0, 0.1) is 0 Å². The summed E-state index contributed by atoms with van der Waals surface area (Å²) in [6.07, 6.45) is 4.86. The molecule has 5 nitrogen and oxygen atoms in total. The van der Waals surface area contributed by atoms with Crippen molar-refractivity contribution in [2.24, 2.45) is 0 Å². The van der Waals surface area contributed by atoms with Gasteiger partial charge in [0.25, 0.3) is 0 Å². The number of aromatic nitrogens is 2. The zero-order valence-electron chi connectivity index (χ0n) is 10.8. The molecule has 0 spiro atoms. The number of aliphatic hydroxyl groups excluding tert-OH is 1. The van der Waals surface area contributed by atoms with Gasteiger partial charge >= 0.3 is 0 Å². The lowest BCUT2D eigenvalue weighted by Gasteiger charge is -2.21. The summed E-state index contributed by atoms with van der Waals surface area (Å²) in [4.78, 5) is 6.35. The molecule has 5 heteroatoms. The van der Waals surface area contributed by atoms with Crippen molar-refractivity contribution >= 4 is 0 Å². The lowest BCUT2D eigenvalue weighted by Crippen LogP contribution is -2.30. The minimum absolute atomic E-state index is 0.172. The molecule has 0 fully saturated rings. The van der Waals surface area contributed by atoms with E-state index in [-0.39, 0.29) is 6.61 Å². The normalized spacial score (nSPS) is 11.3. The Bertz CT molecular complexity index is 302. The fraction of sp³-hybridized carbons (Fsp3) is 0.750. The van der Waals surface area contributed by atoms with E-state index in [2.05, 4.69) is 21.4 Å². The van der Waals surface area contributed by atoms with E-state index in [1.165, 1.54) is 5.69 Å². The highest BCUT2D eigenvalue weighted by Gasteiger charge is 2.08. The van der Waals surface area contributed by atoms with Gasteiger partial charge < -0.3 is 14.4 Å². The lowest BCUT2D eigenvalue weighted by molar-refractivity contribution is 0.125. The number of ether oxygens (including phenoxy) is 1. The first-order valence-electron chi connectivity index (χ1n) is 6.13. The van der Waals surface area contributed by atoms with E-state index in [0.29, 0.717) is 13.2 Å². The van der Waals surface area contributed by atoms with Crippen LogP contribution < -0.4 is 0 Å². The number of hydrogen-bond acceptors (Lipinski definition) is 4. The summed E-state index contributed by atoms with van der Waals surface area (Å²) in [5.74, 6) is 0. The van der Waals surface area contributed by atoms with Gasteiger partial charge in [0.05, 0.1) is 25.2 Å². The second kappa shape index (κ2) is 8.22. The van der Waals surface area contributed by atoms with Crippen molar-refractivity contribution in [3.63, 3.8) is 0 Å². The van der Waals surface area contributed by atoms with Crippen molar-refractivity contribution < 1.29 is 9.84 Å². The summed E-state index contributed by atoms with van der Waals surface area (Å²) in [6, 6.07) is 0. The fourth-order valence-corrected chi connectivity index (χ4v) is 1.78. The molecule has 0 aliphatic rings. The molecule has 98 valence electrons. The summed E-state index contributed by atoms with van der Waals surface area (Å²) < 4.78 is 7.23. The van der Waals surface area contributed by atoms with Crippen molar-refractivity contribution in [1.29, 1.82) is 0 Å². The van der Waals surface area contributed by atoms with Crippen LogP contribution in [-0.2, 0) is 17.8 Å². The SMILES string of the molecule is CCCn1cncc1CN(CCO)CCOC.